The van der Waals surface area contributed by atoms with E-state index in [2.05, 4.69) is 13.8 Å². The van der Waals surface area contributed by atoms with E-state index < -0.39 is 0 Å². The van der Waals surface area contributed by atoms with Crippen LogP contribution in [-0.4, -0.2) is 30.9 Å². The number of hydrogen-bond acceptors (Lipinski definition) is 2. The van der Waals surface area contributed by atoms with Crippen LogP contribution in [-0.2, 0) is 4.79 Å². The Morgan fingerprint density at radius 3 is 1.92 bits per heavy atom. The van der Waals surface area contributed by atoms with Gasteiger partial charge in [0.15, 0.2) is 0 Å². The summed E-state index contributed by atoms with van der Waals surface area (Å²) in [5.41, 5.74) is 5.21. The van der Waals surface area contributed by atoms with E-state index in [1.165, 1.54) is 0 Å². The van der Waals surface area contributed by atoms with Gasteiger partial charge in [0.05, 0.1) is 6.04 Å². The van der Waals surface area contributed by atoms with Crippen LogP contribution < -0.4 is 5.73 Å². The van der Waals surface area contributed by atoms with Gasteiger partial charge >= 0.3 is 0 Å². The highest BCUT2D eigenvalue weighted by Gasteiger charge is 2.18. The molecule has 0 fully saturated rings. The summed E-state index contributed by atoms with van der Waals surface area (Å²) in [4.78, 5) is 12.7. The van der Waals surface area contributed by atoms with E-state index in [1.54, 1.807) is 0 Å². The van der Waals surface area contributed by atoms with Gasteiger partial charge in [0.2, 0.25) is 5.91 Å². The fourth-order valence-corrected chi connectivity index (χ4v) is 1.03. The van der Waals surface area contributed by atoms with Gasteiger partial charge in [-0.2, -0.15) is 0 Å². The van der Waals surface area contributed by atoms with E-state index in [4.69, 9.17) is 5.73 Å². The third-order valence-electron chi connectivity index (χ3n) is 1.65. The van der Waals surface area contributed by atoms with Crippen molar-refractivity contribution < 1.29 is 4.79 Å². The molecule has 4 heteroatoms. The van der Waals surface area contributed by atoms with E-state index in [-0.39, 0.29) is 24.4 Å². The molecule has 0 aliphatic heterocycles. The molecule has 0 spiro atoms. The Morgan fingerprint density at radius 2 is 1.83 bits per heavy atom. The van der Waals surface area contributed by atoms with Gasteiger partial charge in [0.25, 0.3) is 0 Å². The van der Waals surface area contributed by atoms with Crippen molar-refractivity contribution >= 4 is 18.3 Å². The highest BCUT2D eigenvalue weighted by atomic mass is 35.5. The monoisotopic (exact) mass is 194 g/mol. The summed E-state index contributed by atoms with van der Waals surface area (Å²) in [5, 5.41) is 0. The zero-order chi connectivity index (χ0) is 9.02. The summed E-state index contributed by atoms with van der Waals surface area (Å²) in [6.07, 6.45) is 0.836. The number of hydrogen-bond donors (Lipinski definition) is 1. The van der Waals surface area contributed by atoms with Crippen LogP contribution >= 0.6 is 12.4 Å². The maximum Gasteiger partial charge on any atom is 0.234 e. The lowest BCUT2D eigenvalue weighted by Gasteiger charge is -2.22. The van der Waals surface area contributed by atoms with Crippen molar-refractivity contribution in [3.63, 3.8) is 0 Å². The van der Waals surface area contributed by atoms with Crippen LogP contribution in [0.5, 0.6) is 0 Å². The maximum atomic E-state index is 10.9. The number of amides is 1. The molecule has 12 heavy (non-hydrogen) atoms. The molecule has 2 N–H and O–H groups in total. The van der Waals surface area contributed by atoms with Crippen molar-refractivity contribution in [2.75, 3.05) is 14.1 Å². The number of rotatable bonds is 4. The summed E-state index contributed by atoms with van der Waals surface area (Å²) in [7, 11) is 3.75. The number of nitrogens with two attached hydrogens (primary N) is 1. The standard InChI is InChI=1S/C8H18N2O.ClH/c1-6(2)5-7(8(9)11)10(3)4;/h6-7H,5H2,1-4H3,(H2,9,11);1H/t7-;/m0./s1. The van der Waals surface area contributed by atoms with Gasteiger partial charge in [-0.1, -0.05) is 13.8 Å². The molecule has 0 aromatic carbocycles. The van der Waals surface area contributed by atoms with Gasteiger partial charge in [-0.05, 0) is 26.4 Å². The van der Waals surface area contributed by atoms with Gasteiger partial charge in [-0.25, -0.2) is 0 Å². The maximum absolute atomic E-state index is 10.9. The van der Waals surface area contributed by atoms with Crippen molar-refractivity contribution in [3.8, 4) is 0 Å². The zero-order valence-corrected chi connectivity index (χ0v) is 9.02. The number of carbonyl (C=O) groups excluding carboxylic acids is 1. The Morgan fingerprint density at radius 1 is 1.42 bits per heavy atom. The highest BCUT2D eigenvalue weighted by Crippen LogP contribution is 2.07. The first kappa shape index (κ1) is 14.3. The number of carbonyl (C=O) groups is 1. The van der Waals surface area contributed by atoms with Crippen LogP contribution in [0.15, 0.2) is 0 Å². The number of primary amides is 1. The lowest BCUT2D eigenvalue weighted by molar-refractivity contribution is -0.122. The Bertz CT molecular complexity index is 137. The third kappa shape index (κ3) is 5.38. The second kappa shape index (κ2) is 6.26. The van der Waals surface area contributed by atoms with Crippen LogP contribution in [0, 0.1) is 5.92 Å². The lowest BCUT2D eigenvalue weighted by Crippen LogP contribution is -2.41. The fourth-order valence-electron chi connectivity index (χ4n) is 1.03. The Kier molecular flexibility index (Phi) is 7.44. The smallest absolute Gasteiger partial charge is 0.234 e. The molecular weight excluding hydrogens is 176 g/mol. The molecule has 0 aliphatic rings. The second-order valence-electron chi connectivity index (χ2n) is 3.51. The van der Waals surface area contributed by atoms with Crippen molar-refractivity contribution in [2.45, 2.75) is 26.3 Å². The molecule has 1 atom stereocenters. The molecule has 0 aliphatic carbocycles. The van der Waals surface area contributed by atoms with Gasteiger partial charge in [0.1, 0.15) is 0 Å². The number of halogens is 1. The largest absolute Gasteiger partial charge is 0.368 e. The first-order valence-corrected chi connectivity index (χ1v) is 3.91. The minimum absolute atomic E-state index is 0. The topological polar surface area (TPSA) is 46.3 Å². The molecule has 0 saturated carbocycles. The predicted octanol–water partition coefficient (Wildman–Crippen LogP) is 0.870. The van der Waals surface area contributed by atoms with Crippen molar-refractivity contribution in [1.82, 2.24) is 4.90 Å². The summed E-state index contributed by atoms with van der Waals surface area (Å²) in [5.74, 6) is 0.276. The van der Waals surface area contributed by atoms with Crippen LogP contribution in [0.3, 0.4) is 0 Å². The van der Waals surface area contributed by atoms with Crippen molar-refractivity contribution in [2.24, 2.45) is 11.7 Å². The van der Waals surface area contributed by atoms with E-state index >= 15 is 0 Å². The molecule has 0 rings (SSSR count). The molecule has 0 aromatic rings. The van der Waals surface area contributed by atoms with E-state index in [0.717, 1.165) is 6.42 Å². The van der Waals surface area contributed by atoms with Gasteiger partial charge in [-0.15, -0.1) is 12.4 Å². The summed E-state index contributed by atoms with van der Waals surface area (Å²) in [6, 6.07) is -0.116. The summed E-state index contributed by atoms with van der Waals surface area (Å²) < 4.78 is 0. The normalized spacial score (nSPS) is 12.8. The summed E-state index contributed by atoms with van der Waals surface area (Å²) in [6.45, 7) is 4.17. The lowest BCUT2D eigenvalue weighted by atomic mass is 10.0. The van der Waals surface area contributed by atoms with E-state index in [9.17, 15) is 4.79 Å². The molecular formula is C8H19ClN2O. The molecule has 1 amide bonds. The van der Waals surface area contributed by atoms with Crippen molar-refractivity contribution in [1.29, 1.82) is 0 Å². The van der Waals surface area contributed by atoms with Crippen LogP contribution in [0.2, 0.25) is 0 Å². The molecule has 0 unspecified atom stereocenters. The number of nitrogens with zero attached hydrogens (tertiary/aromatic N) is 1. The predicted molar refractivity (Wildman–Crippen MR) is 53.4 cm³/mol. The van der Waals surface area contributed by atoms with E-state index in [1.807, 2.05) is 19.0 Å². The first-order valence-electron chi connectivity index (χ1n) is 3.91. The Labute approximate surface area is 80.7 Å². The SMILES string of the molecule is CC(C)C[C@@H](C(N)=O)N(C)C.Cl. The van der Waals surface area contributed by atoms with Crippen LogP contribution in [0.4, 0.5) is 0 Å². The van der Waals surface area contributed by atoms with Gasteiger partial charge in [-0.3, -0.25) is 9.69 Å². The van der Waals surface area contributed by atoms with Crippen LogP contribution in [0.25, 0.3) is 0 Å². The van der Waals surface area contributed by atoms with Crippen molar-refractivity contribution in [3.05, 3.63) is 0 Å². The van der Waals surface area contributed by atoms with E-state index in [0.29, 0.717) is 5.92 Å². The quantitative estimate of drug-likeness (QED) is 0.722. The first-order chi connectivity index (χ1) is 4.95. The average molecular weight is 195 g/mol. The zero-order valence-electron chi connectivity index (χ0n) is 8.20. The minimum atomic E-state index is -0.233. The Balaban J connectivity index is 0. The third-order valence-corrected chi connectivity index (χ3v) is 1.65. The van der Waals surface area contributed by atoms with Gasteiger partial charge in [0, 0.05) is 0 Å². The second-order valence-corrected chi connectivity index (χ2v) is 3.51. The average Bonchev–Trinajstić information content (AvgIpc) is 1.81. The molecule has 0 bridgehead atoms. The number of likely N-dealkylation sites (N-methyl/N-ethyl adjacent to an activating group) is 1. The molecule has 0 heterocycles. The molecule has 0 aromatic heterocycles. The van der Waals surface area contributed by atoms with Gasteiger partial charge < -0.3 is 5.73 Å². The molecule has 0 saturated heterocycles. The molecule has 0 radical (unpaired) electrons. The van der Waals surface area contributed by atoms with Crippen LogP contribution in [0.1, 0.15) is 20.3 Å². The fraction of sp³-hybridized carbons (Fsp3) is 0.875. The molecule has 3 nitrogen and oxygen atoms in total. The molecule has 74 valence electrons. The Hall–Kier alpha value is -0.280. The summed E-state index contributed by atoms with van der Waals surface area (Å²) >= 11 is 0. The highest BCUT2D eigenvalue weighted by molar-refractivity contribution is 5.85. The minimum Gasteiger partial charge on any atom is -0.368 e.